The molecule has 1 aliphatic carbocycles. The van der Waals surface area contributed by atoms with Crippen LogP contribution in [0.3, 0.4) is 0 Å². The molecule has 0 radical (unpaired) electrons. The highest BCUT2D eigenvalue weighted by Gasteiger charge is 2.48. The Morgan fingerprint density at radius 3 is 2.25 bits per heavy atom. The van der Waals surface area contributed by atoms with Crippen molar-refractivity contribution >= 4 is 23.6 Å². The van der Waals surface area contributed by atoms with Gasteiger partial charge in [0.25, 0.3) is 0 Å². The maximum Gasteiger partial charge on any atom is 0.326 e. The quantitative estimate of drug-likeness (QED) is 0.378. The van der Waals surface area contributed by atoms with Crippen LogP contribution in [0.1, 0.15) is 53.0 Å². The predicted molar refractivity (Wildman–Crippen MR) is 117 cm³/mol. The molecule has 7 heteroatoms. The van der Waals surface area contributed by atoms with Crippen molar-refractivity contribution in [2.75, 3.05) is 13.2 Å². The molecule has 1 saturated carbocycles. The number of aromatic nitrogens is 1. The summed E-state index contributed by atoms with van der Waals surface area (Å²) in [6.07, 6.45) is 3.24. The molecule has 1 aromatic carbocycles. The van der Waals surface area contributed by atoms with Gasteiger partial charge in [-0.25, -0.2) is 0 Å². The molecule has 7 nitrogen and oxygen atoms in total. The number of carbonyl (C=O) groups excluding carboxylic acids is 4. The minimum absolute atomic E-state index is 0.285. The van der Waals surface area contributed by atoms with Gasteiger partial charge in [0.1, 0.15) is 6.54 Å². The number of benzene rings is 1. The molecule has 2 amide bonds. The maximum atomic E-state index is 12.7. The van der Waals surface area contributed by atoms with Crippen molar-refractivity contribution in [3.63, 3.8) is 0 Å². The number of hydrogen-bond acceptors (Lipinski definition) is 5. The topological polar surface area (TPSA) is 85.7 Å². The molecule has 2 fully saturated rings. The molecule has 0 unspecified atom stereocenters. The van der Waals surface area contributed by atoms with Crippen molar-refractivity contribution in [3.8, 4) is 0 Å². The Balaban J connectivity index is 1.36. The minimum Gasteiger partial charge on any atom is -0.456 e. The molecule has 0 bridgehead atoms. The van der Waals surface area contributed by atoms with Gasteiger partial charge in [-0.15, -0.1) is 0 Å². The first-order valence-electron chi connectivity index (χ1n) is 11.1. The van der Waals surface area contributed by atoms with Crippen LogP contribution in [0.2, 0.25) is 0 Å². The first kappa shape index (κ1) is 22.0. The third kappa shape index (κ3) is 4.24. The van der Waals surface area contributed by atoms with E-state index in [9.17, 15) is 19.2 Å². The first-order chi connectivity index (χ1) is 15.4. The van der Waals surface area contributed by atoms with Gasteiger partial charge < -0.3 is 9.30 Å². The monoisotopic (exact) mass is 436 g/mol. The standard InChI is InChI=1S/C25H28N2O5/c1-16-12-21(17(2)26(16)13-18-8-4-3-5-9-18)22(28)15-32-23(29)14-27-24(30)19-10-6-7-11-20(19)25(27)31/h3-5,8-9,12,19-20H,6-7,10-11,13-15H2,1-2H3/t19-,20-/m1/s1. The molecule has 2 heterocycles. The van der Waals surface area contributed by atoms with Crippen molar-refractivity contribution in [1.82, 2.24) is 9.47 Å². The zero-order valence-corrected chi connectivity index (χ0v) is 18.5. The lowest BCUT2D eigenvalue weighted by molar-refractivity contribution is -0.152. The highest BCUT2D eigenvalue weighted by molar-refractivity contribution is 6.07. The van der Waals surface area contributed by atoms with E-state index in [4.69, 9.17) is 4.74 Å². The molecule has 1 saturated heterocycles. The van der Waals surface area contributed by atoms with Gasteiger partial charge in [-0.3, -0.25) is 24.1 Å². The normalized spacial score (nSPS) is 20.4. The lowest BCUT2D eigenvalue weighted by Gasteiger charge is -2.19. The summed E-state index contributed by atoms with van der Waals surface area (Å²) in [5, 5.41) is 0. The number of nitrogens with zero attached hydrogens (tertiary/aromatic N) is 2. The largest absolute Gasteiger partial charge is 0.456 e. The number of ketones is 1. The zero-order valence-electron chi connectivity index (χ0n) is 18.5. The molecule has 1 aliphatic heterocycles. The van der Waals surface area contributed by atoms with Crippen molar-refractivity contribution in [2.45, 2.75) is 46.1 Å². The van der Waals surface area contributed by atoms with Crippen molar-refractivity contribution in [2.24, 2.45) is 11.8 Å². The minimum atomic E-state index is -0.739. The number of likely N-dealkylation sites (tertiary alicyclic amines) is 1. The van der Waals surface area contributed by atoms with Gasteiger partial charge in [-0.1, -0.05) is 43.2 Å². The van der Waals surface area contributed by atoms with E-state index in [1.165, 1.54) is 0 Å². The van der Waals surface area contributed by atoms with Gasteiger partial charge in [0.15, 0.2) is 6.61 Å². The summed E-state index contributed by atoms with van der Waals surface area (Å²) < 4.78 is 7.20. The maximum absolute atomic E-state index is 12.7. The fourth-order valence-corrected chi connectivity index (χ4v) is 4.88. The second-order valence-corrected chi connectivity index (χ2v) is 8.70. The van der Waals surface area contributed by atoms with Gasteiger partial charge in [-0.05, 0) is 38.3 Å². The molecule has 4 rings (SSSR count). The SMILES string of the molecule is Cc1cc(C(=O)COC(=O)CN2C(=O)[C@@H]3CCCC[C@H]3C2=O)c(C)n1Cc1ccccc1. The van der Waals surface area contributed by atoms with Crippen LogP contribution in [0, 0.1) is 25.7 Å². The predicted octanol–water partition coefficient (Wildman–Crippen LogP) is 3.05. The highest BCUT2D eigenvalue weighted by Crippen LogP contribution is 2.37. The number of rotatable bonds is 7. The highest BCUT2D eigenvalue weighted by atomic mass is 16.5. The fraction of sp³-hybridized carbons (Fsp3) is 0.440. The van der Waals surface area contributed by atoms with Crippen molar-refractivity contribution in [1.29, 1.82) is 0 Å². The molecule has 168 valence electrons. The van der Waals surface area contributed by atoms with E-state index in [0.717, 1.165) is 34.7 Å². The average molecular weight is 437 g/mol. The van der Waals surface area contributed by atoms with Crippen LogP contribution in [0.15, 0.2) is 36.4 Å². The Kier molecular flexibility index (Phi) is 6.26. The van der Waals surface area contributed by atoms with Gasteiger partial charge in [0, 0.05) is 23.5 Å². The third-order valence-electron chi connectivity index (χ3n) is 6.64. The fourth-order valence-electron chi connectivity index (χ4n) is 4.88. The first-order valence-corrected chi connectivity index (χ1v) is 11.1. The van der Waals surface area contributed by atoms with Gasteiger partial charge in [-0.2, -0.15) is 0 Å². The van der Waals surface area contributed by atoms with Gasteiger partial charge in [0.05, 0.1) is 11.8 Å². The number of amides is 2. The molecule has 2 aliphatic rings. The van der Waals surface area contributed by atoms with Crippen molar-refractivity contribution < 1.29 is 23.9 Å². The number of aryl methyl sites for hydroxylation is 1. The van der Waals surface area contributed by atoms with E-state index in [0.29, 0.717) is 24.9 Å². The number of imide groups is 1. The number of carbonyl (C=O) groups is 4. The second kappa shape index (κ2) is 9.10. The van der Waals surface area contributed by atoms with Crippen molar-refractivity contribution in [3.05, 3.63) is 58.9 Å². The molecule has 2 aromatic rings. The van der Waals surface area contributed by atoms with Gasteiger partial charge in [0.2, 0.25) is 17.6 Å². The molecule has 0 spiro atoms. The number of fused-ring (bicyclic) bond motifs is 1. The summed E-state index contributed by atoms with van der Waals surface area (Å²) in [5.41, 5.74) is 3.38. The van der Waals surface area contributed by atoms with E-state index in [2.05, 4.69) is 0 Å². The van der Waals surface area contributed by atoms with Crippen LogP contribution in [0.25, 0.3) is 0 Å². The van der Waals surface area contributed by atoms with Crippen LogP contribution in [-0.2, 0) is 25.7 Å². The average Bonchev–Trinajstić information content (AvgIpc) is 3.21. The summed E-state index contributed by atoms with van der Waals surface area (Å²) in [6.45, 7) is 3.60. The number of Topliss-reactive ketones (excluding diaryl/α,β-unsaturated/α-hetero) is 1. The molecule has 2 atom stereocenters. The van der Waals surface area contributed by atoms with E-state index in [-0.39, 0.29) is 29.4 Å². The van der Waals surface area contributed by atoms with E-state index in [1.807, 2.05) is 48.7 Å². The molecular weight excluding hydrogens is 408 g/mol. The molecular formula is C25H28N2O5. The van der Waals surface area contributed by atoms with Crippen LogP contribution < -0.4 is 0 Å². The summed E-state index contributed by atoms with van der Waals surface area (Å²) >= 11 is 0. The third-order valence-corrected chi connectivity index (χ3v) is 6.64. The summed E-state index contributed by atoms with van der Waals surface area (Å²) in [7, 11) is 0. The van der Waals surface area contributed by atoms with Crippen LogP contribution >= 0.6 is 0 Å². The van der Waals surface area contributed by atoms with E-state index < -0.39 is 19.1 Å². The zero-order chi connectivity index (χ0) is 22.8. The van der Waals surface area contributed by atoms with E-state index >= 15 is 0 Å². The smallest absolute Gasteiger partial charge is 0.326 e. The lowest BCUT2D eigenvalue weighted by atomic mass is 9.81. The Labute approximate surface area is 187 Å². The lowest BCUT2D eigenvalue weighted by Crippen LogP contribution is -2.37. The Bertz CT molecular complexity index is 1030. The van der Waals surface area contributed by atoms with E-state index in [1.54, 1.807) is 6.07 Å². The summed E-state index contributed by atoms with van der Waals surface area (Å²) in [6, 6.07) is 11.8. The summed E-state index contributed by atoms with van der Waals surface area (Å²) in [5.74, 6) is -2.23. The Hall–Kier alpha value is -3.22. The molecule has 0 N–H and O–H groups in total. The second-order valence-electron chi connectivity index (χ2n) is 8.70. The molecule has 32 heavy (non-hydrogen) atoms. The van der Waals surface area contributed by atoms with Crippen LogP contribution in [-0.4, -0.2) is 46.2 Å². The van der Waals surface area contributed by atoms with Crippen LogP contribution in [0.5, 0.6) is 0 Å². The Morgan fingerprint density at radius 2 is 1.62 bits per heavy atom. The summed E-state index contributed by atoms with van der Waals surface area (Å²) in [4.78, 5) is 51.1. The van der Waals surface area contributed by atoms with Crippen LogP contribution in [0.4, 0.5) is 0 Å². The number of hydrogen-bond donors (Lipinski definition) is 0. The van der Waals surface area contributed by atoms with Gasteiger partial charge >= 0.3 is 5.97 Å². The molecule has 1 aromatic heterocycles. The number of ether oxygens (including phenoxy) is 1. The number of esters is 1. The Morgan fingerprint density at radius 1 is 1.00 bits per heavy atom.